The van der Waals surface area contributed by atoms with Crippen LogP contribution < -0.4 is 0 Å². The van der Waals surface area contributed by atoms with Gasteiger partial charge in [0.1, 0.15) is 0 Å². The SMILES string of the molecule is CC(C(=O)c1ccc(Cl)s1)N(C)CC1CCN(C)C1. The molecule has 0 N–H and O–H groups in total. The van der Waals surface area contributed by atoms with Crippen LogP contribution in [0, 0.1) is 5.92 Å². The summed E-state index contributed by atoms with van der Waals surface area (Å²) >= 11 is 7.26. The Hall–Kier alpha value is -0.420. The predicted octanol–water partition coefficient (Wildman–Crippen LogP) is 2.86. The van der Waals surface area contributed by atoms with Crippen LogP contribution in [-0.2, 0) is 0 Å². The average molecular weight is 301 g/mol. The summed E-state index contributed by atoms with van der Waals surface area (Å²) in [6.07, 6.45) is 1.23. The molecule has 3 nitrogen and oxygen atoms in total. The first kappa shape index (κ1) is 15.0. The van der Waals surface area contributed by atoms with Crippen LogP contribution >= 0.6 is 22.9 Å². The number of rotatable bonds is 5. The second kappa shape index (κ2) is 6.35. The molecule has 0 saturated carbocycles. The van der Waals surface area contributed by atoms with Gasteiger partial charge < -0.3 is 4.90 Å². The van der Waals surface area contributed by atoms with E-state index in [1.54, 1.807) is 6.07 Å². The minimum absolute atomic E-state index is 0.0828. The first-order valence-electron chi connectivity index (χ1n) is 6.65. The van der Waals surface area contributed by atoms with E-state index >= 15 is 0 Å². The Morgan fingerprint density at radius 2 is 2.37 bits per heavy atom. The number of carbonyl (C=O) groups is 1. The molecule has 106 valence electrons. The van der Waals surface area contributed by atoms with E-state index in [0.29, 0.717) is 10.3 Å². The first-order valence-corrected chi connectivity index (χ1v) is 7.85. The molecule has 2 heterocycles. The summed E-state index contributed by atoms with van der Waals surface area (Å²) in [5.41, 5.74) is 0. The minimum atomic E-state index is -0.0828. The third kappa shape index (κ3) is 3.78. The van der Waals surface area contributed by atoms with Crippen molar-refractivity contribution >= 4 is 28.7 Å². The standard InChI is InChI=1S/C14H21ClN2OS/c1-10(14(18)12-4-5-13(15)19-12)17(3)9-11-6-7-16(2)8-11/h4-5,10-11H,6-9H2,1-3H3. The van der Waals surface area contributed by atoms with Crippen molar-refractivity contribution in [2.75, 3.05) is 33.7 Å². The Bertz CT molecular complexity index is 448. The lowest BCUT2D eigenvalue weighted by atomic mass is 10.1. The number of hydrogen-bond acceptors (Lipinski definition) is 4. The van der Waals surface area contributed by atoms with Crippen LogP contribution in [-0.4, -0.2) is 55.4 Å². The van der Waals surface area contributed by atoms with Gasteiger partial charge in [-0.2, -0.15) is 0 Å². The zero-order valence-corrected chi connectivity index (χ0v) is 13.3. The van der Waals surface area contributed by atoms with E-state index in [4.69, 9.17) is 11.6 Å². The number of likely N-dealkylation sites (tertiary alicyclic amines) is 1. The molecule has 1 saturated heterocycles. The largest absolute Gasteiger partial charge is 0.306 e. The van der Waals surface area contributed by atoms with Gasteiger partial charge in [0, 0.05) is 13.1 Å². The van der Waals surface area contributed by atoms with E-state index in [9.17, 15) is 4.79 Å². The normalized spacial score (nSPS) is 22.1. The molecule has 5 heteroatoms. The van der Waals surface area contributed by atoms with Crippen LogP contribution in [0.2, 0.25) is 4.34 Å². The summed E-state index contributed by atoms with van der Waals surface area (Å²) in [6.45, 7) is 5.27. The summed E-state index contributed by atoms with van der Waals surface area (Å²) < 4.78 is 0.677. The highest BCUT2D eigenvalue weighted by molar-refractivity contribution is 7.18. The van der Waals surface area contributed by atoms with Crippen LogP contribution in [0.4, 0.5) is 0 Å². The van der Waals surface area contributed by atoms with E-state index in [1.807, 2.05) is 20.0 Å². The number of carbonyl (C=O) groups excluding carboxylic acids is 1. The van der Waals surface area contributed by atoms with Crippen LogP contribution in [0.25, 0.3) is 0 Å². The number of hydrogen-bond donors (Lipinski definition) is 0. The van der Waals surface area contributed by atoms with Gasteiger partial charge in [-0.15, -0.1) is 11.3 Å². The maximum absolute atomic E-state index is 12.3. The Labute approximate surface area is 124 Å². The van der Waals surface area contributed by atoms with Gasteiger partial charge in [-0.25, -0.2) is 0 Å². The lowest BCUT2D eigenvalue weighted by Gasteiger charge is -2.26. The van der Waals surface area contributed by atoms with Gasteiger partial charge >= 0.3 is 0 Å². The van der Waals surface area contributed by atoms with Crippen LogP contribution in [0.5, 0.6) is 0 Å². The molecule has 1 aliphatic heterocycles. The molecule has 19 heavy (non-hydrogen) atoms. The highest BCUT2D eigenvalue weighted by Gasteiger charge is 2.26. The lowest BCUT2D eigenvalue weighted by Crippen LogP contribution is -2.39. The number of Topliss-reactive ketones (excluding diaryl/α,β-unsaturated/α-hetero) is 1. The van der Waals surface area contributed by atoms with Crippen molar-refractivity contribution in [2.45, 2.75) is 19.4 Å². The summed E-state index contributed by atoms with van der Waals surface area (Å²) in [7, 11) is 4.19. The second-order valence-electron chi connectivity index (χ2n) is 5.50. The minimum Gasteiger partial charge on any atom is -0.306 e. The Kier molecular flexibility index (Phi) is 5.01. The first-order chi connectivity index (χ1) is 8.97. The quantitative estimate of drug-likeness (QED) is 0.781. The Balaban J connectivity index is 1.91. The predicted molar refractivity (Wildman–Crippen MR) is 81.4 cm³/mol. The fourth-order valence-corrected chi connectivity index (χ4v) is 3.66. The number of likely N-dealkylation sites (N-methyl/N-ethyl adjacent to an activating group) is 1. The zero-order chi connectivity index (χ0) is 14.0. The molecule has 1 fully saturated rings. The molecule has 0 radical (unpaired) electrons. The van der Waals surface area contributed by atoms with Crippen molar-refractivity contribution in [3.8, 4) is 0 Å². The summed E-state index contributed by atoms with van der Waals surface area (Å²) in [5, 5.41) is 0. The van der Waals surface area contributed by atoms with Crippen LogP contribution in [0.1, 0.15) is 23.0 Å². The van der Waals surface area contributed by atoms with Crippen LogP contribution in [0.3, 0.4) is 0 Å². The fourth-order valence-electron chi connectivity index (χ4n) is 2.59. The molecule has 0 spiro atoms. The van der Waals surface area contributed by atoms with E-state index in [0.717, 1.165) is 18.0 Å². The molecule has 2 atom stereocenters. The van der Waals surface area contributed by atoms with Crippen molar-refractivity contribution in [1.29, 1.82) is 0 Å². The van der Waals surface area contributed by atoms with E-state index < -0.39 is 0 Å². The highest BCUT2D eigenvalue weighted by atomic mass is 35.5. The molecule has 0 amide bonds. The zero-order valence-electron chi connectivity index (χ0n) is 11.7. The summed E-state index contributed by atoms with van der Waals surface area (Å²) in [4.78, 5) is 17.6. The Morgan fingerprint density at radius 3 is 2.89 bits per heavy atom. The summed E-state index contributed by atoms with van der Waals surface area (Å²) in [6, 6.07) is 3.53. The van der Waals surface area contributed by atoms with Gasteiger partial charge in [0.25, 0.3) is 0 Å². The monoisotopic (exact) mass is 300 g/mol. The summed E-state index contributed by atoms with van der Waals surface area (Å²) in [5.74, 6) is 0.850. The van der Waals surface area contributed by atoms with E-state index in [1.165, 1.54) is 24.3 Å². The third-order valence-corrected chi connectivity index (χ3v) is 5.14. The van der Waals surface area contributed by atoms with Gasteiger partial charge in [0.15, 0.2) is 5.78 Å². The lowest BCUT2D eigenvalue weighted by molar-refractivity contribution is 0.0857. The molecular weight excluding hydrogens is 280 g/mol. The van der Waals surface area contributed by atoms with Gasteiger partial charge in [-0.1, -0.05) is 11.6 Å². The highest BCUT2D eigenvalue weighted by Crippen LogP contribution is 2.24. The maximum atomic E-state index is 12.3. The second-order valence-corrected chi connectivity index (χ2v) is 7.22. The number of thiophene rings is 1. The van der Waals surface area contributed by atoms with Crippen molar-refractivity contribution in [3.63, 3.8) is 0 Å². The number of ketones is 1. The molecular formula is C14H21ClN2OS. The van der Waals surface area contributed by atoms with E-state index in [2.05, 4.69) is 16.8 Å². The van der Waals surface area contributed by atoms with Gasteiger partial charge in [0.05, 0.1) is 15.3 Å². The average Bonchev–Trinajstić information content (AvgIpc) is 2.96. The Morgan fingerprint density at radius 1 is 1.63 bits per heavy atom. The molecule has 2 rings (SSSR count). The van der Waals surface area contributed by atoms with Gasteiger partial charge in [-0.3, -0.25) is 9.69 Å². The topological polar surface area (TPSA) is 23.6 Å². The van der Waals surface area contributed by atoms with Crippen molar-refractivity contribution in [2.24, 2.45) is 5.92 Å². The van der Waals surface area contributed by atoms with Gasteiger partial charge in [-0.05, 0) is 52.0 Å². The molecule has 1 aromatic rings. The molecule has 0 bridgehead atoms. The van der Waals surface area contributed by atoms with Crippen LogP contribution in [0.15, 0.2) is 12.1 Å². The molecule has 1 aromatic heterocycles. The van der Waals surface area contributed by atoms with E-state index in [-0.39, 0.29) is 11.8 Å². The van der Waals surface area contributed by atoms with Crippen molar-refractivity contribution in [3.05, 3.63) is 21.3 Å². The molecule has 2 unspecified atom stereocenters. The van der Waals surface area contributed by atoms with Crippen molar-refractivity contribution < 1.29 is 4.79 Å². The van der Waals surface area contributed by atoms with Crippen molar-refractivity contribution in [1.82, 2.24) is 9.80 Å². The smallest absolute Gasteiger partial charge is 0.189 e. The van der Waals surface area contributed by atoms with Gasteiger partial charge in [0.2, 0.25) is 0 Å². The maximum Gasteiger partial charge on any atom is 0.189 e. The third-order valence-electron chi connectivity index (χ3n) is 3.89. The molecule has 1 aliphatic rings. The number of halogens is 1. The fraction of sp³-hybridized carbons (Fsp3) is 0.643. The molecule has 0 aromatic carbocycles. The molecule has 0 aliphatic carbocycles. The number of nitrogens with zero attached hydrogens (tertiary/aromatic N) is 2.